The molecule has 1 aromatic rings. The Kier molecular flexibility index (Phi) is 5.16. The topological polar surface area (TPSA) is 32.3 Å². The Morgan fingerprint density at radius 1 is 1.18 bits per heavy atom. The van der Waals surface area contributed by atoms with Crippen LogP contribution in [0.5, 0.6) is 0 Å². The second-order valence-electron chi connectivity index (χ2n) is 4.28. The second-order valence-corrected chi connectivity index (χ2v) is 4.28. The molecule has 1 aromatic carbocycles. The first-order valence-electron chi connectivity index (χ1n) is 6.16. The fraction of sp³-hybridized carbons (Fsp3) is 0.500. The third kappa shape index (κ3) is 3.86. The number of rotatable bonds is 5. The van der Waals surface area contributed by atoms with Gasteiger partial charge >= 0.3 is 0 Å². The Morgan fingerprint density at radius 3 is 2.18 bits per heavy atom. The van der Waals surface area contributed by atoms with Crippen LogP contribution in [0.2, 0.25) is 0 Å². The Hall–Kier alpha value is -1.35. The van der Waals surface area contributed by atoms with Gasteiger partial charge in [0.1, 0.15) is 0 Å². The molecule has 3 nitrogen and oxygen atoms in total. The van der Waals surface area contributed by atoms with Crippen molar-refractivity contribution in [2.24, 2.45) is 0 Å². The van der Waals surface area contributed by atoms with Crippen LogP contribution in [0, 0.1) is 13.8 Å². The Morgan fingerprint density at radius 2 is 1.71 bits per heavy atom. The van der Waals surface area contributed by atoms with Crippen molar-refractivity contribution in [3.05, 3.63) is 29.3 Å². The van der Waals surface area contributed by atoms with Gasteiger partial charge < -0.3 is 5.32 Å². The molecule has 0 saturated heterocycles. The van der Waals surface area contributed by atoms with Crippen molar-refractivity contribution in [1.82, 2.24) is 4.90 Å². The van der Waals surface area contributed by atoms with Crippen LogP contribution in [-0.2, 0) is 4.79 Å². The predicted octanol–water partition coefficient (Wildman–Crippen LogP) is 2.58. The number of hydrogen-bond donors (Lipinski definition) is 1. The number of likely N-dealkylation sites (N-methyl/N-ethyl adjacent to an activating group) is 1. The minimum atomic E-state index is 0.0612. The molecule has 3 heteroatoms. The van der Waals surface area contributed by atoms with Gasteiger partial charge in [-0.05, 0) is 38.1 Å². The van der Waals surface area contributed by atoms with Gasteiger partial charge in [-0.15, -0.1) is 0 Å². The molecule has 0 aliphatic heterocycles. The summed E-state index contributed by atoms with van der Waals surface area (Å²) in [6, 6.07) is 6.03. The summed E-state index contributed by atoms with van der Waals surface area (Å²) in [5.41, 5.74) is 3.17. The molecule has 1 amide bonds. The minimum absolute atomic E-state index is 0.0612. The summed E-state index contributed by atoms with van der Waals surface area (Å²) in [5.74, 6) is 0.0612. The molecular weight excluding hydrogens is 211 g/mol. The Balaban J connectivity index is 2.68. The average molecular weight is 233 g/mol. The van der Waals surface area contributed by atoms with Crippen molar-refractivity contribution in [3.63, 3.8) is 0 Å². The predicted molar refractivity (Wildman–Crippen MR) is 72.3 cm³/mol. The summed E-state index contributed by atoms with van der Waals surface area (Å²) in [6.07, 6.45) is 0. The van der Waals surface area contributed by atoms with Gasteiger partial charge in [-0.2, -0.15) is 0 Å². The number of aryl methyl sites for hydroxylation is 2. The third-order valence-electron chi connectivity index (χ3n) is 3.01. The van der Waals surface area contributed by atoms with Crippen LogP contribution >= 0.6 is 0 Å². The van der Waals surface area contributed by atoms with Gasteiger partial charge in [-0.3, -0.25) is 9.69 Å². The highest BCUT2D eigenvalue weighted by atomic mass is 16.2. The highest BCUT2D eigenvalue weighted by molar-refractivity contribution is 5.93. The minimum Gasteiger partial charge on any atom is -0.324 e. The van der Waals surface area contributed by atoms with E-state index in [2.05, 4.69) is 24.1 Å². The zero-order chi connectivity index (χ0) is 12.8. The first-order chi connectivity index (χ1) is 8.08. The fourth-order valence-corrected chi connectivity index (χ4v) is 1.84. The SMILES string of the molecule is CCN(CC(=O)Nc1c(C)cccc1C)[11CH2]C. The number of carbonyl (C=O) groups is 1. The Labute approximate surface area is 104 Å². The molecule has 0 aromatic heterocycles. The lowest BCUT2D eigenvalue weighted by atomic mass is 10.1. The summed E-state index contributed by atoms with van der Waals surface area (Å²) in [7, 11) is 0. The lowest BCUT2D eigenvalue weighted by Crippen LogP contribution is -2.33. The lowest BCUT2D eigenvalue weighted by Gasteiger charge is -2.18. The number of hydrogen-bond acceptors (Lipinski definition) is 2. The summed E-state index contributed by atoms with van der Waals surface area (Å²) < 4.78 is 0. The van der Waals surface area contributed by atoms with Crippen LogP contribution in [0.25, 0.3) is 0 Å². The zero-order valence-corrected chi connectivity index (χ0v) is 11.2. The number of amides is 1. The van der Waals surface area contributed by atoms with Gasteiger partial charge in [0.25, 0.3) is 0 Å². The lowest BCUT2D eigenvalue weighted by molar-refractivity contribution is -0.117. The van der Waals surface area contributed by atoms with E-state index in [1.807, 2.05) is 32.0 Å². The molecule has 1 N–H and O–H groups in total. The fourth-order valence-electron chi connectivity index (χ4n) is 1.84. The van der Waals surface area contributed by atoms with Gasteiger partial charge in [0.15, 0.2) is 0 Å². The number of benzene rings is 1. The van der Waals surface area contributed by atoms with Crippen molar-refractivity contribution in [1.29, 1.82) is 0 Å². The first-order valence-corrected chi connectivity index (χ1v) is 6.16. The van der Waals surface area contributed by atoms with E-state index < -0.39 is 0 Å². The monoisotopic (exact) mass is 233 g/mol. The van der Waals surface area contributed by atoms with Crippen LogP contribution in [-0.4, -0.2) is 30.4 Å². The van der Waals surface area contributed by atoms with E-state index in [9.17, 15) is 4.79 Å². The zero-order valence-electron chi connectivity index (χ0n) is 11.2. The largest absolute Gasteiger partial charge is 0.324 e. The van der Waals surface area contributed by atoms with E-state index >= 15 is 0 Å². The van der Waals surface area contributed by atoms with Gasteiger partial charge in [0.05, 0.1) is 6.54 Å². The summed E-state index contributed by atoms with van der Waals surface area (Å²) in [4.78, 5) is 14.0. The molecule has 0 heterocycles. The summed E-state index contributed by atoms with van der Waals surface area (Å²) >= 11 is 0. The molecule has 0 saturated carbocycles. The maximum atomic E-state index is 11.9. The molecule has 1 rings (SSSR count). The quantitative estimate of drug-likeness (QED) is 0.847. The smallest absolute Gasteiger partial charge is 0.238 e. The average Bonchev–Trinajstić information content (AvgIpc) is 2.31. The summed E-state index contributed by atoms with van der Waals surface area (Å²) in [5, 5.41) is 3.00. The number of para-hydroxylation sites is 1. The van der Waals surface area contributed by atoms with E-state index in [1.165, 1.54) is 0 Å². The normalized spacial score (nSPS) is 10.6. The van der Waals surface area contributed by atoms with E-state index in [4.69, 9.17) is 0 Å². The number of carbonyl (C=O) groups excluding carboxylic acids is 1. The highest BCUT2D eigenvalue weighted by Crippen LogP contribution is 2.19. The number of nitrogens with one attached hydrogen (secondary N) is 1. The van der Waals surface area contributed by atoms with Crippen molar-refractivity contribution in [2.75, 3.05) is 25.0 Å². The number of anilines is 1. The summed E-state index contributed by atoms with van der Waals surface area (Å²) in [6.45, 7) is 10.4. The van der Waals surface area contributed by atoms with Gasteiger partial charge in [-0.1, -0.05) is 32.0 Å². The molecule has 17 heavy (non-hydrogen) atoms. The molecule has 0 radical (unpaired) electrons. The van der Waals surface area contributed by atoms with E-state index in [0.717, 1.165) is 29.9 Å². The van der Waals surface area contributed by atoms with Crippen LogP contribution in [0.1, 0.15) is 25.0 Å². The van der Waals surface area contributed by atoms with Crippen molar-refractivity contribution in [3.8, 4) is 0 Å². The molecule has 0 aliphatic carbocycles. The third-order valence-corrected chi connectivity index (χ3v) is 3.01. The van der Waals surface area contributed by atoms with Crippen molar-refractivity contribution >= 4 is 11.6 Å². The standard InChI is InChI=1S/C14H22N2O/c1-5-16(6-2)10-13(17)15-14-11(3)8-7-9-12(14)4/h7-9H,5-6,10H2,1-4H3,(H,15,17)/i5-1. The molecule has 0 unspecified atom stereocenters. The van der Waals surface area contributed by atoms with E-state index in [1.54, 1.807) is 0 Å². The van der Waals surface area contributed by atoms with Crippen LogP contribution in [0.15, 0.2) is 18.2 Å². The molecule has 0 fully saturated rings. The molecule has 0 aliphatic rings. The molecule has 0 spiro atoms. The van der Waals surface area contributed by atoms with Gasteiger partial charge in [-0.25, -0.2) is 0 Å². The molecular formula is C14H22N2O. The van der Waals surface area contributed by atoms with Crippen LogP contribution in [0.4, 0.5) is 5.69 Å². The van der Waals surface area contributed by atoms with Gasteiger partial charge in [0, 0.05) is 5.69 Å². The van der Waals surface area contributed by atoms with Gasteiger partial charge in [0.2, 0.25) is 5.91 Å². The molecule has 94 valence electrons. The van der Waals surface area contributed by atoms with E-state index in [-0.39, 0.29) is 5.91 Å². The van der Waals surface area contributed by atoms with Crippen molar-refractivity contribution in [2.45, 2.75) is 27.7 Å². The van der Waals surface area contributed by atoms with Crippen molar-refractivity contribution < 1.29 is 4.79 Å². The molecule has 0 atom stereocenters. The van der Waals surface area contributed by atoms with E-state index in [0.29, 0.717) is 6.54 Å². The molecule has 0 bridgehead atoms. The number of nitrogens with zero attached hydrogens (tertiary/aromatic N) is 1. The van der Waals surface area contributed by atoms with Crippen LogP contribution < -0.4 is 5.32 Å². The Bertz CT molecular complexity index is 364. The second kappa shape index (κ2) is 6.40. The highest BCUT2D eigenvalue weighted by Gasteiger charge is 2.09. The first kappa shape index (κ1) is 13.7. The maximum Gasteiger partial charge on any atom is 0.238 e. The van der Waals surface area contributed by atoms with Crippen LogP contribution in [0.3, 0.4) is 0 Å². The maximum absolute atomic E-state index is 11.9.